The van der Waals surface area contributed by atoms with Gasteiger partial charge in [-0.1, -0.05) is 0 Å². The maximum Gasteiger partial charge on any atom is 0.222 e. The van der Waals surface area contributed by atoms with E-state index < -0.39 is 0 Å². The summed E-state index contributed by atoms with van der Waals surface area (Å²) in [6, 6.07) is 0.421. The number of morpholine rings is 1. The number of aryl methyl sites for hydroxylation is 1. The molecule has 1 amide bonds. The zero-order chi connectivity index (χ0) is 18.7. The van der Waals surface area contributed by atoms with E-state index in [4.69, 9.17) is 4.74 Å². The Bertz CT molecular complexity index is 643. The van der Waals surface area contributed by atoms with Gasteiger partial charge in [0.2, 0.25) is 5.91 Å². The molecule has 1 saturated heterocycles. The van der Waals surface area contributed by atoms with Gasteiger partial charge in [-0.05, 0) is 26.7 Å². The topological polar surface area (TPSA) is 61.8 Å². The first kappa shape index (κ1) is 19.0. The number of carbonyl (C=O) groups excluding carboxylic acids is 1. The van der Waals surface area contributed by atoms with Crippen LogP contribution in [-0.4, -0.2) is 78.7 Å². The zero-order valence-corrected chi connectivity index (χ0v) is 16.5. The summed E-state index contributed by atoms with van der Waals surface area (Å²) >= 11 is 0. The van der Waals surface area contributed by atoms with Crippen molar-refractivity contribution in [3.05, 3.63) is 17.1 Å². The van der Waals surface area contributed by atoms with Crippen molar-refractivity contribution in [3.63, 3.8) is 0 Å². The van der Waals surface area contributed by atoms with Crippen LogP contribution < -0.4 is 4.90 Å². The third kappa shape index (κ3) is 4.32. The fraction of sp³-hybridized carbons (Fsp3) is 0.737. The lowest BCUT2D eigenvalue weighted by atomic mass is 10.0. The third-order valence-corrected chi connectivity index (χ3v) is 5.38. The highest BCUT2D eigenvalue weighted by molar-refractivity contribution is 5.76. The second-order valence-corrected chi connectivity index (χ2v) is 7.52. The predicted molar refractivity (Wildman–Crippen MR) is 101 cm³/mol. The number of anilines is 1. The van der Waals surface area contributed by atoms with Crippen molar-refractivity contribution in [3.8, 4) is 0 Å². The number of ether oxygens (including phenoxy) is 1. The molecule has 0 saturated carbocycles. The average Bonchev–Trinajstić information content (AvgIpc) is 2.65. The van der Waals surface area contributed by atoms with Gasteiger partial charge in [0.1, 0.15) is 11.6 Å². The molecule has 0 aliphatic carbocycles. The molecule has 2 aliphatic heterocycles. The summed E-state index contributed by atoms with van der Waals surface area (Å²) in [4.78, 5) is 28.3. The van der Waals surface area contributed by atoms with E-state index in [9.17, 15) is 4.79 Å². The second kappa shape index (κ2) is 8.31. The normalized spacial score (nSPS) is 19.2. The molecule has 3 rings (SSSR count). The van der Waals surface area contributed by atoms with E-state index in [1.165, 1.54) is 5.56 Å². The predicted octanol–water partition coefficient (Wildman–Crippen LogP) is 1.24. The molecule has 1 atom stereocenters. The highest BCUT2D eigenvalue weighted by atomic mass is 16.5. The number of fused-ring (bicyclic) bond motifs is 1. The standard InChI is InChI=1S/C19H31N5O2/c1-14(23-9-11-26-12-10-23)5-6-18(25)24-8-7-16-17(13-24)20-15(2)21-19(16)22(3)4/h14H,5-13H2,1-4H3/t14-/m0/s1. The molecule has 1 aromatic rings. The van der Waals surface area contributed by atoms with Gasteiger partial charge in [-0.15, -0.1) is 0 Å². The maximum absolute atomic E-state index is 12.7. The molecule has 1 fully saturated rings. The molecule has 0 spiro atoms. The minimum atomic E-state index is 0.235. The lowest BCUT2D eigenvalue weighted by Gasteiger charge is -2.33. The van der Waals surface area contributed by atoms with Crippen LogP contribution in [0.1, 0.15) is 36.8 Å². The van der Waals surface area contributed by atoms with Crippen molar-refractivity contribution >= 4 is 11.7 Å². The molecule has 7 heteroatoms. The third-order valence-electron chi connectivity index (χ3n) is 5.38. The number of rotatable bonds is 5. The van der Waals surface area contributed by atoms with Crippen molar-refractivity contribution in [2.45, 2.75) is 45.7 Å². The molecule has 1 aromatic heterocycles. The molecule has 7 nitrogen and oxygen atoms in total. The molecule has 2 aliphatic rings. The highest BCUT2D eigenvalue weighted by Crippen LogP contribution is 2.25. The SMILES string of the molecule is Cc1nc2c(c(N(C)C)n1)CCN(C(=O)CC[C@H](C)N1CCOCC1)C2. The number of hydrogen-bond acceptors (Lipinski definition) is 6. The smallest absolute Gasteiger partial charge is 0.222 e. The van der Waals surface area contributed by atoms with E-state index in [0.717, 1.165) is 63.0 Å². The average molecular weight is 361 g/mol. The lowest BCUT2D eigenvalue weighted by Crippen LogP contribution is -2.43. The second-order valence-electron chi connectivity index (χ2n) is 7.52. The number of hydrogen-bond donors (Lipinski definition) is 0. The van der Waals surface area contributed by atoms with Gasteiger partial charge < -0.3 is 14.5 Å². The van der Waals surface area contributed by atoms with Crippen LogP contribution in [0, 0.1) is 6.92 Å². The minimum Gasteiger partial charge on any atom is -0.379 e. The Balaban J connectivity index is 1.59. The number of nitrogens with zero attached hydrogens (tertiary/aromatic N) is 5. The molecule has 3 heterocycles. The van der Waals surface area contributed by atoms with Gasteiger partial charge in [-0.3, -0.25) is 9.69 Å². The first-order chi connectivity index (χ1) is 12.5. The van der Waals surface area contributed by atoms with Crippen LogP contribution in [0.2, 0.25) is 0 Å². The van der Waals surface area contributed by atoms with Gasteiger partial charge in [0.15, 0.2) is 0 Å². The van der Waals surface area contributed by atoms with Crippen molar-refractivity contribution in [2.24, 2.45) is 0 Å². The summed E-state index contributed by atoms with van der Waals surface area (Å²) in [7, 11) is 4.01. The highest BCUT2D eigenvalue weighted by Gasteiger charge is 2.26. The van der Waals surface area contributed by atoms with Crippen LogP contribution in [0.5, 0.6) is 0 Å². The Labute approximate surface area is 156 Å². The Morgan fingerprint density at radius 3 is 2.65 bits per heavy atom. The van der Waals surface area contributed by atoms with Gasteiger partial charge in [-0.25, -0.2) is 9.97 Å². The number of amides is 1. The Morgan fingerprint density at radius 2 is 1.96 bits per heavy atom. The van der Waals surface area contributed by atoms with Gasteiger partial charge in [0.25, 0.3) is 0 Å². The minimum absolute atomic E-state index is 0.235. The van der Waals surface area contributed by atoms with Crippen LogP contribution in [0.4, 0.5) is 5.82 Å². The van der Waals surface area contributed by atoms with Gasteiger partial charge >= 0.3 is 0 Å². The monoisotopic (exact) mass is 361 g/mol. The van der Waals surface area contributed by atoms with Crippen LogP contribution >= 0.6 is 0 Å². The van der Waals surface area contributed by atoms with E-state index >= 15 is 0 Å². The Kier molecular flexibility index (Phi) is 6.09. The summed E-state index contributed by atoms with van der Waals surface area (Å²) < 4.78 is 5.41. The van der Waals surface area contributed by atoms with E-state index in [1.807, 2.05) is 30.8 Å². The van der Waals surface area contributed by atoms with E-state index in [-0.39, 0.29) is 5.91 Å². The van der Waals surface area contributed by atoms with Gasteiger partial charge in [-0.2, -0.15) is 0 Å². The number of carbonyl (C=O) groups is 1. The fourth-order valence-electron chi connectivity index (χ4n) is 3.81. The fourth-order valence-corrected chi connectivity index (χ4v) is 3.81. The molecule has 0 bridgehead atoms. The van der Waals surface area contributed by atoms with Gasteiger partial charge in [0.05, 0.1) is 25.5 Å². The van der Waals surface area contributed by atoms with Gasteiger partial charge in [0, 0.05) is 51.8 Å². The van der Waals surface area contributed by atoms with Crippen molar-refractivity contribution in [1.82, 2.24) is 19.8 Å². The Morgan fingerprint density at radius 1 is 1.23 bits per heavy atom. The quantitative estimate of drug-likeness (QED) is 0.786. The summed E-state index contributed by atoms with van der Waals surface area (Å²) in [5, 5.41) is 0. The van der Waals surface area contributed by atoms with Crippen LogP contribution in [0.3, 0.4) is 0 Å². The van der Waals surface area contributed by atoms with Crippen molar-refractivity contribution in [2.75, 3.05) is 51.8 Å². The van der Waals surface area contributed by atoms with E-state index in [2.05, 4.69) is 21.8 Å². The van der Waals surface area contributed by atoms with Crippen molar-refractivity contribution < 1.29 is 9.53 Å². The summed E-state index contributed by atoms with van der Waals surface area (Å²) in [5.41, 5.74) is 2.19. The molecule has 0 radical (unpaired) electrons. The Hall–Kier alpha value is -1.73. The molecular weight excluding hydrogens is 330 g/mol. The number of aromatic nitrogens is 2. The first-order valence-electron chi connectivity index (χ1n) is 9.59. The van der Waals surface area contributed by atoms with E-state index in [0.29, 0.717) is 19.0 Å². The summed E-state index contributed by atoms with van der Waals surface area (Å²) in [6.07, 6.45) is 2.32. The molecule has 0 unspecified atom stereocenters. The largest absolute Gasteiger partial charge is 0.379 e. The molecular formula is C19H31N5O2. The molecule has 0 aromatic carbocycles. The molecule has 26 heavy (non-hydrogen) atoms. The summed E-state index contributed by atoms with van der Waals surface area (Å²) in [6.45, 7) is 9.02. The first-order valence-corrected chi connectivity index (χ1v) is 9.59. The van der Waals surface area contributed by atoms with Crippen LogP contribution in [0.25, 0.3) is 0 Å². The summed E-state index contributed by atoms with van der Waals surface area (Å²) in [5.74, 6) is 1.99. The van der Waals surface area contributed by atoms with Crippen LogP contribution in [0.15, 0.2) is 0 Å². The van der Waals surface area contributed by atoms with Crippen LogP contribution in [-0.2, 0) is 22.5 Å². The van der Waals surface area contributed by atoms with E-state index in [1.54, 1.807) is 0 Å². The zero-order valence-electron chi connectivity index (χ0n) is 16.5. The lowest BCUT2D eigenvalue weighted by molar-refractivity contribution is -0.132. The molecule has 0 N–H and O–H groups in total. The van der Waals surface area contributed by atoms with Crippen molar-refractivity contribution in [1.29, 1.82) is 0 Å². The maximum atomic E-state index is 12.7. The molecule has 144 valence electrons.